The summed E-state index contributed by atoms with van der Waals surface area (Å²) in [6.45, 7) is 6.19. The molecule has 0 bridgehead atoms. The number of anilines is 1. The summed E-state index contributed by atoms with van der Waals surface area (Å²) < 4.78 is 0. The van der Waals surface area contributed by atoms with Gasteiger partial charge in [0.25, 0.3) is 0 Å². The van der Waals surface area contributed by atoms with Crippen LogP contribution >= 0.6 is 0 Å². The van der Waals surface area contributed by atoms with Gasteiger partial charge in [0.15, 0.2) is 0 Å². The highest BCUT2D eigenvalue weighted by Gasteiger charge is 2.06. The minimum absolute atomic E-state index is 0.667. The quantitative estimate of drug-likeness (QED) is 0.856. The molecule has 0 unspecified atom stereocenters. The lowest BCUT2D eigenvalue weighted by Crippen LogP contribution is -2.00. The van der Waals surface area contributed by atoms with Crippen molar-refractivity contribution in [1.82, 2.24) is 9.97 Å². The molecule has 0 saturated carbocycles. The SMILES string of the molecule is CNc1nc(C)cc(-c2ccc(C)cc2C)n1. The number of benzene rings is 1. The van der Waals surface area contributed by atoms with Crippen LogP contribution in [0, 0.1) is 20.8 Å². The molecule has 17 heavy (non-hydrogen) atoms. The molecule has 0 radical (unpaired) electrons. The van der Waals surface area contributed by atoms with E-state index in [-0.39, 0.29) is 0 Å². The van der Waals surface area contributed by atoms with Gasteiger partial charge in [0.05, 0.1) is 5.69 Å². The number of rotatable bonds is 2. The van der Waals surface area contributed by atoms with Gasteiger partial charge in [0.2, 0.25) is 5.95 Å². The maximum absolute atomic E-state index is 4.49. The molecule has 1 heterocycles. The Bertz CT molecular complexity index is 547. The number of aryl methyl sites for hydroxylation is 3. The average Bonchev–Trinajstić information content (AvgIpc) is 2.28. The van der Waals surface area contributed by atoms with Crippen molar-refractivity contribution < 1.29 is 0 Å². The van der Waals surface area contributed by atoms with E-state index in [1.807, 2.05) is 20.0 Å². The molecule has 0 saturated heterocycles. The van der Waals surface area contributed by atoms with Gasteiger partial charge >= 0.3 is 0 Å². The monoisotopic (exact) mass is 227 g/mol. The van der Waals surface area contributed by atoms with Gasteiger partial charge in [-0.15, -0.1) is 0 Å². The predicted molar refractivity (Wildman–Crippen MR) is 71.2 cm³/mol. The van der Waals surface area contributed by atoms with Crippen molar-refractivity contribution in [3.05, 3.63) is 41.1 Å². The van der Waals surface area contributed by atoms with Gasteiger partial charge in [-0.1, -0.05) is 23.8 Å². The first-order valence-electron chi connectivity index (χ1n) is 5.71. The fourth-order valence-corrected chi connectivity index (χ4v) is 1.92. The van der Waals surface area contributed by atoms with Crippen molar-refractivity contribution >= 4 is 5.95 Å². The largest absolute Gasteiger partial charge is 0.357 e. The van der Waals surface area contributed by atoms with Crippen molar-refractivity contribution in [2.75, 3.05) is 12.4 Å². The second-order valence-corrected chi connectivity index (χ2v) is 4.29. The zero-order valence-electron chi connectivity index (χ0n) is 10.7. The molecule has 3 heteroatoms. The van der Waals surface area contributed by atoms with E-state index in [4.69, 9.17) is 0 Å². The van der Waals surface area contributed by atoms with Crippen LogP contribution in [0.1, 0.15) is 16.8 Å². The first kappa shape index (κ1) is 11.6. The van der Waals surface area contributed by atoms with Crippen LogP contribution in [0.3, 0.4) is 0 Å². The van der Waals surface area contributed by atoms with E-state index in [1.165, 1.54) is 11.1 Å². The molecule has 0 fully saturated rings. The summed E-state index contributed by atoms with van der Waals surface area (Å²) in [5.74, 6) is 0.667. The van der Waals surface area contributed by atoms with Crippen molar-refractivity contribution in [3.8, 4) is 11.3 Å². The molecule has 88 valence electrons. The molecular formula is C14H17N3. The lowest BCUT2D eigenvalue weighted by molar-refractivity contribution is 1.10. The minimum atomic E-state index is 0.667. The summed E-state index contributed by atoms with van der Waals surface area (Å²) in [5.41, 5.74) is 5.62. The number of hydrogen-bond acceptors (Lipinski definition) is 3. The Morgan fingerprint density at radius 3 is 2.41 bits per heavy atom. The maximum atomic E-state index is 4.49. The molecule has 3 nitrogen and oxygen atoms in total. The third-order valence-electron chi connectivity index (χ3n) is 2.74. The summed E-state index contributed by atoms with van der Waals surface area (Å²) in [6.07, 6.45) is 0. The van der Waals surface area contributed by atoms with Crippen LogP contribution in [0.5, 0.6) is 0 Å². The highest BCUT2D eigenvalue weighted by Crippen LogP contribution is 2.23. The molecule has 1 aromatic carbocycles. The Hall–Kier alpha value is -1.90. The van der Waals surface area contributed by atoms with Crippen molar-refractivity contribution in [2.45, 2.75) is 20.8 Å². The van der Waals surface area contributed by atoms with Crippen LogP contribution in [0.15, 0.2) is 24.3 Å². The second-order valence-electron chi connectivity index (χ2n) is 4.29. The smallest absolute Gasteiger partial charge is 0.223 e. The predicted octanol–water partition coefficient (Wildman–Crippen LogP) is 3.11. The minimum Gasteiger partial charge on any atom is -0.357 e. The van der Waals surface area contributed by atoms with E-state index in [2.05, 4.69) is 47.3 Å². The number of aromatic nitrogens is 2. The molecule has 0 aliphatic rings. The molecular weight excluding hydrogens is 210 g/mol. The van der Waals surface area contributed by atoms with Gasteiger partial charge in [0.1, 0.15) is 0 Å². The van der Waals surface area contributed by atoms with E-state index in [0.29, 0.717) is 5.95 Å². The first-order chi connectivity index (χ1) is 8.10. The van der Waals surface area contributed by atoms with E-state index in [9.17, 15) is 0 Å². The van der Waals surface area contributed by atoms with Crippen LogP contribution in [0.25, 0.3) is 11.3 Å². The molecule has 1 aromatic heterocycles. The van der Waals surface area contributed by atoms with Gasteiger partial charge in [-0.3, -0.25) is 0 Å². The highest BCUT2D eigenvalue weighted by atomic mass is 15.1. The normalized spacial score (nSPS) is 10.4. The van der Waals surface area contributed by atoms with Gasteiger partial charge < -0.3 is 5.32 Å². The average molecular weight is 227 g/mol. The standard InChI is InChI=1S/C14H17N3/c1-9-5-6-12(10(2)7-9)13-8-11(3)16-14(15-4)17-13/h5-8H,1-4H3,(H,15,16,17). The Balaban J connectivity index is 2.55. The zero-order chi connectivity index (χ0) is 12.4. The number of hydrogen-bond donors (Lipinski definition) is 1. The lowest BCUT2D eigenvalue weighted by Gasteiger charge is -2.08. The molecule has 2 rings (SSSR count). The Kier molecular flexibility index (Phi) is 3.09. The molecule has 0 aliphatic heterocycles. The fourth-order valence-electron chi connectivity index (χ4n) is 1.92. The molecule has 1 N–H and O–H groups in total. The Morgan fingerprint density at radius 1 is 1.00 bits per heavy atom. The van der Waals surface area contributed by atoms with E-state index in [1.54, 1.807) is 0 Å². The van der Waals surface area contributed by atoms with E-state index >= 15 is 0 Å². The highest BCUT2D eigenvalue weighted by molar-refractivity contribution is 5.65. The molecule has 0 spiro atoms. The van der Waals surface area contributed by atoms with Gasteiger partial charge in [-0.2, -0.15) is 0 Å². The first-order valence-corrected chi connectivity index (χ1v) is 5.71. The van der Waals surface area contributed by atoms with Crippen molar-refractivity contribution in [3.63, 3.8) is 0 Å². The summed E-state index contributed by atoms with van der Waals surface area (Å²) in [6, 6.07) is 8.41. The van der Waals surface area contributed by atoms with Gasteiger partial charge in [-0.05, 0) is 32.4 Å². The zero-order valence-corrected chi connectivity index (χ0v) is 10.7. The van der Waals surface area contributed by atoms with E-state index in [0.717, 1.165) is 17.0 Å². The Morgan fingerprint density at radius 2 is 1.76 bits per heavy atom. The van der Waals surface area contributed by atoms with Crippen LogP contribution in [-0.2, 0) is 0 Å². The summed E-state index contributed by atoms with van der Waals surface area (Å²) in [7, 11) is 1.83. The van der Waals surface area contributed by atoms with Crippen LogP contribution in [0.2, 0.25) is 0 Å². The molecule has 0 aliphatic carbocycles. The third-order valence-corrected chi connectivity index (χ3v) is 2.74. The van der Waals surface area contributed by atoms with Crippen LogP contribution in [0.4, 0.5) is 5.95 Å². The summed E-state index contributed by atoms with van der Waals surface area (Å²) in [4.78, 5) is 8.79. The Labute approximate surface area is 102 Å². The van der Waals surface area contributed by atoms with E-state index < -0.39 is 0 Å². The van der Waals surface area contributed by atoms with Crippen LogP contribution in [-0.4, -0.2) is 17.0 Å². The van der Waals surface area contributed by atoms with Gasteiger partial charge in [-0.25, -0.2) is 9.97 Å². The number of nitrogens with one attached hydrogen (secondary N) is 1. The molecule has 0 atom stereocenters. The van der Waals surface area contributed by atoms with Crippen molar-refractivity contribution in [1.29, 1.82) is 0 Å². The topological polar surface area (TPSA) is 37.8 Å². The maximum Gasteiger partial charge on any atom is 0.223 e. The van der Waals surface area contributed by atoms with Gasteiger partial charge in [0, 0.05) is 18.3 Å². The third kappa shape index (κ3) is 2.44. The molecule has 0 amide bonds. The van der Waals surface area contributed by atoms with Crippen molar-refractivity contribution in [2.24, 2.45) is 0 Å². The second kappa shape index (κ2) is 4.53. The fraction of sp³-hybridized carbons (Fsp3) is 0.286. The lowest BCUT2D eigenvalue weighted by atomic mass is 10.0. The summed E-state index contributed by atoms with van der Waals surface area (Å²) >= 11 is 0. The number of nitrogens with zero attached hydrogens (tertiary/aromatic N) is 2. The van der Waals surface area contributed by atoms with Crippen LogP contribution < -0.4 is 5.32 Å². The molecule has 2 aromatic rings. The summed E-state index contributed by atoms with van der Waals surface area (Å²) in [5, 5.41) is 2.99.